The Bertz CT molecular complexity index is 456. The Morgan fingerprint density at radius 3 is 2.55 bits per heavy atom. The highest BCUT2D eigenvalue weighted by Crippen LogP contribution is 2.15. The molecule has 1 aliphatic heterocycles. The molecule has 1 atom stereocenters. The largest absolute Gasteiger partial charge is 0.369 e. The van der Waals surface area contributed by atoms with Crippen LogP contribution in [0.5, 0.6) is 0 Å². The van der Waals surface area contributed by atoms with E-state index in [1.165, 1.54) is 0 Å². The van der Waals surface area contributed by atoms with Crippen LogP contribution >= 0.6 is 12.4 Å². The van der Waals surface area contributed by atoms with Gasteiger partial charge in [0.25, 0.3) is 0 Å². The third-order valence-corrected chi connectivity index (χ3v) is 3.25. The highest BCUT2D eigenvalue weighted by molar-refractivity contribution is 5.91. The Hall–Kier alpha value is -1.59. The summed E-state index contributed by atoms with van der Waals surface area (Å²) in [5, 5.41) is 6.11. The van der Waals surface area contributed by atoms with E-state index in [0.29, 0.717) is 12.3 Å². The van der Waals surface area contributed by atoms with Crippen molar-refractivity contribution in [3.8, 4) is 0 Å². The van der Waals surface area contributed by atoms with Crippen molar-refractivity contribution in [2.24, 2.45) is 11.7 Å². The summed E-state index contributed by atoms with van der Waals surface area (Å²) in [7, 11) is 0. The molecule has 1 aromatic rings. The molecular formula is C14H20ClN3O2. The highest BCUT2D eigenvalue weighted by Gasteiger charge is 2.17. The summed E-state index contributed by atoms with van der Waals surface area (Å²) in [4.78, 5) is 22.6. The van der Waals surface area contributed by atoms with Gasteiger partial charge in [-0.05, 0) is 43.1 Å². The number of primary amides is 1. The van der Waals surface area contributed by atoms with E-state index in [-0.39, 0.29) is 30.6 Å². The lowest BCUT2D eigenvalue weighted by atomic mass is 10.0. The van der Waals surface area contributed by atoms with E-state index in [1.54, 1.807) is 24.3 Å². The summed E-state index contributed by atoms with van der Waals surface area (Å²) in [5.41, 5.74) is 6.73. The Morgan fingerprint density at radius 2 is 2.00 bits per heavy atom. The number of nitrogens with one attached hydrogen (secondary N) is 2. The average molecular weight is 298 g/mol. The second-order valence-electron chi connectivity index (χ2n) is 4.95. The number of hydrogen-bond acceptors (Lipinski definition) is 3. The van der Waals surface area contributed by atoms with Crippen LogP contribution in [-0.4, -0.2) is 24.9 Å². The van der Waals surface area contributed by atoms with Gasteiger partial charge in [0.2, 0.25) is 11.8 Å². The van der Waals surface area contributed by atoms with Gasteiger partial charge in [-0.2, -0.15) is 0 Å². The molecule has 0 aliphatic carbocycles. The number of rotatable bonds is 5. The van der Waals surface area contributed by atoms with Crippen LogP contribution in [0.4, 0.5) is 5.69 Å². The molecule has 1 aromatic carbocycles. The van der Waals surface area contributed by atoms with Crippen molar-refractivity contribution in [3.63, 3.8) is 0 Å². The molecule has 2 rings (SSSR count). The standard InChI is InChI=1S/C14H19N3O2.ClH/c15-13(18)7-10-1-3-12(4-2-10)17-14(19)8-11-5-6-16-9-11;/h1-4,11,16H,5-9H2,(H2,15,18)(H,17,19);1H. The van der Waals surface area contributed by atoms with Gasteiger partial charge in [-0.3, -0.25) is 9.59 Å². The van der Waals surface area contributed by atoms with Crippen molar-refractivity contribution in [1.29, 1.82) is 0 Å². The molecule has 0 radical (unpaired) electrons. The minimum atomic E-state index is -0.356. The molecule has 110 valence electrons. The fraction of sp³-hybridized carbons (Fsp3) is 0.429. The minimum Gasteiger partial charge on any atom is -0.369 e. The van der Waals surface area contributed by atoms with Gasteiger partial charge in [-0.15, -0.1) is 12.4 Å². The number of anilines is 1. The first-order chi connectivity index (χ1) is 9.13. The fourth-order valence-corrected chi connectivity index (χ4v) is 2.27. The van der Waals surface area contributed by atoms with Crippen LogP contribution in [0, 0.1) is 5.92 Å². The maximum atomic E-state index is 11.8. The van der Waals surface area contributed by atoms with Gasteiger partial charge in [0, 0.05) is 12.1 Å². The van der Waals surface area contributed by atoms with Crippen LogP contribution in [0.15, 0.2) is 24.3 Å². The van der Waals surface area contributed by atoms with E-state index in [0.717, 1.165) is 30.8 Å². The van der Waals surface area contributed by atoms with Gasteiger partial charge in [-0.25, -0.2) is 0 Å². The van der Waals surface area contributed by atoms with E-state index in [1.807, 2.05) is 0 Å². The van der Waals surface area contributed by atoms with Crippen LogP contribution in [0.3, 0.4) is 0 Å². The predicted octanol–water partition coefficient (Wildman–Crippen LogP) is 1.07. The van der Waals surface area contributed by atoms with Crippen LogP contribution < -0.4 is 16.4 Å². The molecule has 2 amide bonds. The maximum absolute atomic E-state index is 11.8. The molecule has 4 N–H and O–H groups in total. The third kappa shape index (κ3) is 5.19. The SMILES string of the molecule is Cl.NC(=O)Cc1ccc(NC(=O)CC2CCNC2)cc1. The Kier molecular flexibility index (Phi) is 6.48. The summed E-state index contributed by atoms with van der Waals surface area (Å²) in [6, 6.07) is 7.20. The normalized spacial score (nSPS) is 17.3. The second kappa shape index (κ2) is 7.87. The zero-order valence-electron chi connectivity index (χ0n) is 11.2. The van der Waals surface area contributed by atoms with Crippen molar-refractivity contribution in [2.75, 3.05) is 18.4 Å². The van der Waals surface area contributed by atoms with Crippen LogP contribution in [0.1, 0.15) is 18.4 Å². The summed E-state index contributed by atoms with van der Waals surface area (Å²) < 4.78 is 0. The first kappa shape index (κ1) is 16.5. The quantitative estimate of drug-likeness (QED) is 0.760. The zero-order valence-corrected chi connectivity index (χ0v) is 12.0. The molecule has 0 aromatic heterocycles. The van der Waals surface area contributed by atoms with E-state index in [9.17, 15) is 9.59 Å². The smallest absolute Gasteiger partial charge is 0.224 e. The van der Waals surface area contributed by atoms with Gasteiger partial charge < -0.3 is 16.4 Å². The molecule has 20 heavy (non-hydrogen) atoms. The summed E-state index contributed by atoms with van der Waals surface area (Å²) in [6.45, 7) is 1.92. The fourth-order valence-electron chi connectivity index (χ4n) is 2.27. The van der Waals surface area contributed by atoms with Gasteiger partial charge in [0.15, 0.2) is 0 Å². The predicted molar refractivity (Wildman–Crippen MR) is 80.8 cm³/mol. The van der Waals surface area contributed by atoms with Gasteiger partial charge in [0.1, 0.15) is 0 Å². The van der Waals surface area contributed by atoms with Gasteiger partial charge in [-0.1, -0.05) is 12.1 Å². The molecule has 1 fully saturated rings. The first-order valence-electron chi connectivity index (χ1n) is 6.51. The Labute approximate surface area is 124 Å². The minimum absolute atomic E-state index is 0. The summed E-state index contributed by atoms with van der Waals surface area (Å²) in [6.07, 6.45) is 1.84. The number of halogens is 1. The van der Waals surface area contributed by atoms with Gasteiger partial charge >= 0.3 is 0 Å². The molecule has 1 unspecified atom stereocenters. The van der Waals surface area contributed by atoms with Crippen molar-refractivity contribution in [3.05, 3.63) is 29.8 Å². The number of hydrogen-bond donors (Lipinski definition) is 3. The molecule has 5 nitrogen and oxygen atoms in total. The number of amides is 2. The lowest BCUT2D eigenvalue weighted by molar-refractivity contribution is -0.118. The molecule has 6 heteroatoms. The molecule has 0 saturated carbocycles. The highest BCUT2D eigenvalue weighted by atomic mass is 35.5. The molecule has 0 spiro atoms. The Balaban J connectivity index is 0.00000200. The number of benzene rings is 1. The molecule has 1 heterocycles. The van der Waals surface area contributed by atoms with Gasteiger partial charge in [0.05, 0.1) is 6.42 Å². The zero-order chi connectivity index (χ0) is 13.7. The van der Waals surface area contributed by atoms with Crippen LogP contribution in [-0.2, 0) is 16.0 Å². The lowest BCUT2D eigenvalue weighted by Gasteiger charge is -2.09. The van der Waals surface area contributed by atoms with Crippen LogP contribution in [0.2, 0.25) is 0 Å². The topological polar surface area (TPSA) is 84.2 Å². The van der Waals surface area contributed by atoms with E-state index in [4.69, 9.17) is 5.73 Å². The molecule has 1 saturated heterocycles. The number of nitrogens with two attached hydrogens (primary N) is 1. The van der Waals surface area contributed by atoms with Crippen molar-refractivity contribution in [1.82, 2.24) is 5.32 Å². The van der Waals surface area contributed by atoms with Crippen molar-refractivity contribution < 1.29 is 9.59 Å². The third-order valence-electron chi connectivity index (χ3n) is 3.25. The maximum Gasteiger partial charge on any atom is 0.224 e. The summed E-state index contributed by atoms with van der Waals surface area (Å²) in [5.74, 6) is 0.121. The Morgan fingerprint density at radius 1 is 1.30 bits per heavy atom. The molecule has 0 bridgehead atoms. The summed E-state index contributed by atoms with van der Waals surface area (Å²) >= 11 is 0. The van der Waals surface area contributed by atoms with Crippen LogP contribution in [0.25, 0.3) is 0 Å². The monoisotopic (exact) mass is 297 g/mol. The van der Waals surface area contributed by atoms with E-state index < -0.39 is 0 Å². The second-order valence-corrected chi connectivity index (χ2v) is 4.95. The van der Waals surface area contributed by atoms with E-state index >= 15 is 0 Å². The van der Waals surface area contributed by atoms with Crippen molar-refractivity contribution >= 4 is 29.9 Å². The molecule has 1 aliphatic rings. The lowest BCUT2D eigenvalue weighted by Crippen LogP contribution is -2.18. The van der Waals surface area contributed by atoms with Crippen molar-refractivity contribution in [2.45, 2.75) is 19.3 Å². The molecular weight excluding hydrogens is 278 g/mol. The first-order valence-corrected chi connectivity index (χ1v) is 6.51. The van der Waals surface area contributed by atoms with E-state index in [2.05, 4.69) is 10.6 Å². The number of carbonyl (C=O) groups excluding carboxylic acids is 2. The number of carbonyl (C=O) groups is 2. The average Bonchev–Trinajstić information content (AvgIpc) is 2.83.